The minimum absolute atomic E-state index is 0.880. The monoisotopic (exact) mass is 401 g/mol. The van der Waals surface area contributed by atoms with Crippen molar-refractivity contribution in [2.24, 2.45) is 0 Å². The molecule has 5 aromatic rings. The van der Waals surface area contributed by atoms with Gasteiger partial charge in [0.1, 0.15) is 0 Å². The molecule has 4 aromatic carbocycles. The molecule has 1 heterocycles. The van der Waals surface area contributed by atoms with Crippen LogP contribution in [0.15, 0.2) is 116 Å². The molecule has 152 valence electrons. The van der Waals surface area contributed by atoms with Crippen LogP contribution in [-0.2, 0) is 0 Å². The SMILES string of the molecule is C=CC(=C)n1c2ccc(-c3ccccc3)cc2c2cc(-c3ccccc3)ccc21.CC. The number of allylic oxidation sites excluding steroid dienone is 2. The lowest BCUT2D eigenvalue weighted by Crippen LogP contribution is -1.92. The molecule has 5 rings (SSSR count). The smallest absolute Gasteiger partial charge is 0.0541 e. The van der Waals surface area contributed by atoms with E-state index in [-0.39, 0.29) is 0 Å². The number of aromatic nitrogens is 1. The Morgan fingerprint density at radius 2 is 1.03 bits per heavy atom. The van der Waals surface area contributed by atoms with Crippen LogP contribution in [0.25, 0.3) is 49.8 Å². The summed E-state index contributed by atoms with van der Waals surface area (Å²) in [6.45, 7) is 12.2. The third-order valence-corrected chi connectivity index (χ3v) is 5.50. The molecule has 1 heteroatoms. The second kappa shape index (κ2) is 8.89. The van der Waals surface area contributed by atoms with Crippen molar-refractivity contribution in [2.75, 3.05) is 0 Å². The van der Waals surface area contributed by atoms with Gasteiger partial charge in [-0.15, -0.1) is 0 Å². The standard InChI is InChI=1S/C28H21N.C2H6/c1-3-20(2)29-27-16-14-23(21-10-6-4-7-11-21)18-25(27)26-19-24(15-17-28(26)29)22-12-8-5-9-13-22;1-2/h3-19H,1-2H2;1-2H3. The van der Waals surface area contributed by atoms with Crippen molar-refractivity contribution in [3.05, 3.63) is 116 Å². The Morgan fingerprint density at radius 3 is 1.42 bits per heavy atom. The fourth-order valence-corrected chi connectivity index (χ4v) is 4.04. The molecule has 1 nitrogen and oxygen atoms in total. The maximum atomic E-state index is 4.22. The minimum atomic E-state index is 0.880. The average molecular weight is 402 g/mol. The second-order valence-electron chi connectivity index (χ2n) is 7.23. The molecule has 0 bridgehead atoms. The van der Waals surface area contributed by atoms with Gasteiger partial charge in [0.25, 0.3) is 0 Å². The van der Waals surface area contributed by atoms with Gasteiger partial charge in [0.05, 0.1) is 11.0 Å². The highest BCUT2D eigenvalue weighted by molar-refractivity contribution is 6.12. The van der Waals surface area contributed by atoms with Crippen molar-refractivity contribution in [3.8, 4) is 22.3 Å². The molecule has 0 N–H and O–H groups in total. The summed E-state index contributed by atoms with van der Waals surface area (Å²) in [7, 11) is 0. The summed E-state index contributed by atoms with van der Waals surface area (Å²) < 4.78 is 2.20. The molecule has 0 radical (unpaired) electrons. The molecule has 0 aliphatic heterocycles. The van der Waals surface area contributed by atoms with Gasteiger partial charge in [0.15, 0.2) is 0 Å². The molecule has 0 saturated heterocycles. The summed E-state index contributed by atoms with van der Waals surface area (Å²) in [5, 5.41) is 2.45. The number of hydrogen-bond acceptors (Lipinski definition) is 0. The molecule has 0 unspecified atom stereocenters. The number of fused-ring (bicyclic) bond motifs is 3. The van der Waals surface area contributed by atoms with Crippen LogP contribution in [0, 0.1) is 0 Å². The highest BCUT2D eigenvalue weighted by Crippen LogP contribution is 2.36. The van der Waals surface area contributed by atoms with E-state index in [2.05, 4.69) is 103 Å². The minimum Gasteiger partial charge on any atom is -0.310 e. The fourth-order valence-electron chi connectivity index (χ4n) is 4.04. The Morgan fingerprint density at radius 1 is 0.613 bits per heavy atom. The molecular formula is C30H27N. The molecule has 0 aliphatic rings. The zero-order valence-electron chi connectivity index (χ0n) is 18.2. The number of hydrogen-bond donors (Lipinski definition) is 0. The van der Waals surface area contributed by atoms with Gasteiger partial charge in [-0.05, 0) is 52.6 Å². The molecular weight excluding hydrogens is 374 g/mol. The molecule has 0 amide bonds. The highest BCUT2D eigenvalue weighted by atomic mass is 15.0. The van der Waals surface area contributed by atoms with Crippen LogP contribution in [0.2, 0.25) is 0 Å². The summed E-state index contributed by atoms with van der Waals surface area (Å²) in [5.41, 5.74) is 8.04. The van der Waals surface area contributed by atoms with E-state index in [1.807, 2.05) is 32.1 Å². The number of nitrogens with zero attached hydrogens (tertiary/aromatic N) is 1. The molecule has 0 atom stereocenters. The third kappa shape index (κ3) is 3.71. The van der Waals surface area contributed by atoms with Crippen LogP contribution in [0.3, 0.4) is 0 Å². The van der Waals surface area contributed by atoms with Crippen molar-refractivity contribution >= 4 is 27.5 Å². The largest absolute Gasteiger partial charge is 0.310 e. The first-order chi connectivity index (χ1) is 15.3. The van der Waals surface area contributed by atoms with E-state index in [9.17, 15) is 0 Å². The molecule has 0 fully saturated rings. The van der Waals surface area contributed by atoms with Crippen LogP contribution < -0.4 is 0 Å². The van der Waals surface area contributed by atoms with Crippen molar-refractivity contribution < 1.29 is 0 Å². The van der Waals surface area contributed by atoms with Gasteiger partial charge in [-0.3, -0.25) is 0 Å². The predicted octanol–water partition coefficient (Wildman–Crippen LogP) is 8.81. The first kappa shape index (κ1) is 20.4. The molecule has 31 heavy (non-hydrogen) atoms. The Labute approximate surface area is 184 Å². The van der Waals surface area contributed by atoms with E-state index in [0.29, 0.717) is 0 Å². The lowest BCUT2D eigenvalue weighted by molar-refractivity contribution is 1.25. The van der Waals surface area contributed by atoms with Gasteiger partial charge in [0, 0.05) is 16.5 Å². The van der Waals surface area contributed by atoms with Gasteiger partial charge < -0.3 is 4.57 Å². The normalized spacial score (nSPS) is 10.5. The van der Waals surface area contributed by atoms with Crippen LogP contribution in [-0.4, -0.2) is 4.57 Å². The first-order valence-corrected chi connectivity index (χ1v) is 10.8. The average Bonchev–Trinajstić information content (AvgIpc) is 3.19. The molecule has 0 spiro atoms. The zero-order chi connectivity index (χ0) is 21.8. The third-order valence-electron chi connectivity index (χ3n) is 5.50. The summed E-state index contributed by atoms with van der Waals surface area (Å²) >= 11 is 0. The highest BCUT2D eigenvalue weighted by Gasteiger charge is 2.14. The van der Waals surface area contributed by atoms with E-state index >= 15 is 0 Å². The fraction of sp³-hybridized carbons (Fsp3) is 0.0667. The first-order valence-electron chi connectivity index (χ1n) is 10.8. The van der Waals surface area contributed by atoms with Gasteiger partial charge in [-0.2, -0.15) is 0 Å². The van der Waals surface area contributed by atoms with Gasteiger partial charge in [0.2, 0.25) is 0 Å². The topological polar surface area (TPSA) is 4.93 Å². The van der Waals surface area contributed by atoms with Gasteiger partial charge in [-0.1, -0.05) is 99.8 Å². The predicted molar refractivity (Wildman–Crippen MR) is 137 cm³/mol. The Bertz CT molecular complexity index is 1260. The van der Waals surface area contributed by atoms with E-state index < -0.39 is 0 Å². The lowest BCUT2D eigenvalue weighted by Gasteiger charge is -2.08. The van der Waals surface area contributed by atoms with Gasteiger partial charge in [-0.25, -0.2) is 0 Å². The van der Waals surface area contributed by atoms with Gasteiger partial charge >= 0.3 is 0 Å². The number of benzene rings is 4. The van der Waals surface area contributed by atoms with Crippen molar-refractivity contribution in [3.63, 3.8) is 0 Å². The van der Waals surface area contributed by atoms with Crippen molar-refractivity contribution in [1.29, 1.82) is 0 Å². The maximum Gasteiger partial charge on any atom is 0.0541 e. The van der Waals surface area contributed by atoms with E-state index in [4.69, 9.17) is 0 Å². The Balaban J connectivity index is 0.00000112. The summed E-state index contributed by atoms with van der Waals surface area (Å²) in [4.78, 5) is 0. The quantitative estimate of drug-likeness (QED) is 0.265. The summed E-state index contributed by atoms with van der Waals surface area (Å²) in [6, 6.07) is 34.3. The van der Waals surface area contributed by atoms with Crippen LogP contribution in [0.5, 0.6) is 0 Å². The van der Waals surface area contributed by atoms with E-state index in [1.165, 1.54) is 33.0 Å². The summed E-state index contributed by atoms with van der Waals surface area (Å²) in [5.74, 6) is 0. The van der Waals surface area contributed by atoms with Crippen LogP contribution in [0.4, 0.5) is 0 Å². The maximum absolute atomic E-state index is 4.22. The van der Waals surface area contributed by atoms with Crippen molar-refractivity contribution in [2.45, 2.75) is 13.8 Å². The number of rotatable bonds is 4. The Kier molecular flexibility index (Phi) is 5.86. The molecule has 0 aliphatic carbocycles. The van der Waals surface area contributed by atoms with Crippen LogP contribution in [0.1, 0.15) is 13.8 Å². The van der Waals surface area contributed by atoms with E-state index in [1.54, 1.807) is 0 Å². The zero-order valence-corrected chi connectivity index (χ0v) is 18.2. The van der Waals surface area contributed by atoms with E-state index in [0.717, 1.165) is 16.7 Å². The molecule has 1 aromatic heterocycles. The van der Waals surface area contributed by atoms with Crippen molar-refractivity contribution in [1.82, 2.24) is 4.57 Å². The Hall–Kier alpha value is -3.84. The molecule has 0 saturated carbocycles. The second-order valence-corrected chi connectivity index (χ2v) is 7.23. The lowest BCUT2D eigenvalue weighted by atomic mass is 10.0. The summed E-state index contributed by atoms with van der Waals surface area (Å²) in [6.07, 6.45) is 1.81. The van der Waals surface area contributed by atoms with Crippen LogP contribution >= 0.6 is 0 Å².